The Morgan fingerprint density at radius 1 is 0.585 bits per heavy atom. The van der Waals surface area contributed by atoms with Crippen molar-refractivity contribution in [3.05, 3.63) is 157 Å². The molecule has 0 saturated carbocycles. The predicted octanol–water partition coefficient (Wildman–Crippen LogP) is 10.1. The Morgan fingerprint density at radius 2 is 1.20 bits per heavy atom. The topological polar surface area (TPSA) is 30.9 Å². The van der Waals surface area contributed by atoms with E-state index in [1.54, 1.807) is 0 Å². The van der Waals surface area contributed by atoms with E-state index in [2.05, 4.69) is 138 Å². The lowest BCUT2D eigenvalue weighted by Crippen LogP contribution is -1.97. The minimum absolute atomic E-state index is 0.761. The standard InChI is InChI=1S/C39H30N2/c1-2-3-14-37(40)32-21-22-34-31(25-32)20-24-36-35-23-19-30(26-38(35)41(39(34)36)33-12-8-5-9-13-33)29-17-15-28(16-18-29)27-10-6-4-7-11-27/h2-26H,40H2,1H3/b3-2-,37-14-. The predicted molar refractivity (Wildman–Crippen MR) is 176 cm³/mol. The number of para-hydroxylation sites is 1. The molecule has 2 nitrogen and oxygen atoms in total. The summed E-state index contributed by atoms with van der Waals surface area (Å²) < 4.78 is 2.41. The summed E-state index contributed by atoms with van der Waals surface area (Å²) in [6.07, 6.45) is 5.92. The molecule has 2 heteroatoms. The smallest absolute Gasteiger partial charge is 0.0619 e. The Morgan fingerprint density at radius 3 is 1.93 bits per heavy atom. The first-order chi connectivity index (χ1) is 20.2. The molecule has 7 aromatic rings. The van der Waals surface area contributed by atoms with Gasteiger partial charge in [0.1, 0.15) is 0 Å². The summed E-state index contributed by atoms with van der Waals surface area (Å²) >= 11 is 0. The van der Waals surface area contributed by atoms with E-state index in [0.717, 1.165) is 16.9 Å². The SMILES string of the molecule is C/C=C\C=C(/N)c1ccc2c(ccc3c4ccc(-c5ccc(-c6ccccc6)cc5)cc4n(-c4ccccc4)c23)c1. The molecule has 0 saturated heterocycles. The number of nitrogens with zero attached hydrogens (tertiary/aromatic N) is 1. The lowest BCUT2D eigenvalue weighted by molar-refractivity contribution is 1.19. The molecule has 0 unspecified atom stereocenters. The lowest BCUT2D eigenvalue weighted by atomic mass is 9.99. The second-order valence-corrected chi connectivity index (χ2v) is 10.4. The average Bonchev–Trinajstić information content (AvgIpc) is 3.38. The van der Waals surface area contributed by atoms with Gasteiger partial charge in [0.2, 0.25) is 0 Å². The zero-order chi connectivity index (χ0) is 27.8. The molecule has 0 aliphatic heterocycles. The van der Waals surface area contributed by atoms with E-state index in [0.29, 0.717) is 0 Å². The normalized spacial score (nSPS) is 12.2. The summed E-state index contributed by atoms with van der Waals surface area (Å²) in [6.45, 7) is 1.99. The van der Waals surface area contributed by atoms with Crippen LogP contribution in [0.5, 0.6) is 0 Å². The maximum Gasteiger partial charge on any atom is 0.0619 e. The van der Waals surface area contributed by atoms with Crippen molar-refractivity contribution < 1.29 is 0 Å². The quantitative estimate of drug-likeness (QED) is 0.222. The van der Waals surface area contributed by atoms with Crippen molar-refractivity contribution in [2.24, 2.45) is 5.73 Å². The minimum atomic E-state index is 0.761. The van der Waals surface area contributed by atoms with E-state index in [1.807, 2.05) is 25.2 Å². The Balaban J connectivity index is 1.43. The van der Waals surface area contributed by atoms with Gasteiger partial charge < -0.3 is 10.3 Å². The summed E-state index contributed by atoms with van der Waals surface area (Å²) in [6, 6.07) is 47.9. The molecule has 41 heavy (non-hydrogen) atoms. The lowest BCUT2D eigenvalue weighted by Gasteiger charge is -2.11. The summed E-state index contributed by atoms with van der Waals surface area (Å²) in [5.41, 5.74) is 16.6. The maximum atomic E-state index is 6.39. The molecule has 0 fully saturated rings. The zero-order valence-corrected chi connectivity index (χ0v) is 23.0. The molecule has 6 aromatic carbocycles. The molecule has 1 heterocycles. The van der Waals surface area contributed by atoms with Crippen LogP contribution >= 0.6 is 0 Å². The van der Waals surface area contributed by atoms with Gasteiger partial charge in [0.15, 0.2) is 0 Å². The average molecular weight is 527 g/mol. The van der Waals surface area contributed by atoms with Crippen LogP contribution in [-0.4, -0.2) is 4.57 Å². The highest BCUT2D eigenvalue weighted by Gasteiger charge is 2.16. The van der Waals surface area contributed by atoms with Crippen molar-refractivity contribution in [3.63, 3.8) is 0 Å². The van der Waals surface area contributed by atoms with Crippen LogP contribution in [0.3, 0.4) is 0 Å². The molecule has 0 amide bonds. The molecule has 196 valence electrons. The van der Waals surface area contributed by atoms with Gasteiger partial charge in [-0.1, -0.05) is 121 Å². The second kappa shape index (κ2) is 10.3. The van der Waals surface area contributed by atoms with Crippen LogP contribution in [0, 0.1) is 0 Å². The molecular weight excluding hydrogens is 496 g/mol. The Hall–Kier alpha value is -5.34. The summed E-state index contributed by atoms with van der Waals surface area (Å²) in [5.74, 6) is 0. The van der Waals surface area contributed by atoms with Gasteiger partial charge in [0.25, 0.3) is 0 Å². The third-order valence-electron chi connectivity index (χ3n) is 7.89. The van der Waals surface area contributed by atoms with Crippen LogP contribution in [0.2, 0.25) is 0 Å². The number of benzene rings is 6. The number of hydrogen-bond acceptors (Lipinski definition) is 1. The minimum Gasteiger partial charge on any atom is -0.398 e. The van der Waals surface area contributed by atoms with Crippen LogP contribution in [0.4, 0.5) is 0 Å². The zero-order valence-electron chi connectivity index (χ0n) is 23.0. The Labute approximate surface area is 240 Å². The maximum absolute atomic E-state index is 6.39. The number of allylic oxidation sites excluding steroid dienone is 3. The number of aromatic nitrogens is 1. The van der Waals surface area contributed by atoms with Crippen molar-refractivity contribution in [2.45, 2.75) is 6.92 Å². The highest BCUT2D eigenvalue weighted by Crippen LogP contribution is 2.39. The van der Waals surface area contributed by atoms with E-state index in [1.165, 1.54) is 54.8 Å². The molecular formula is C39H30N2. The van der Waals surface area contributed by atoms with Gasteiger partial charge in [0.05, 0.1) is 11.0 Å². The second-order valence-electron chi connectivity index (χ2n) is 10.4. The highest BCUT2D eigenvalue weighted by atomic mass is 15.0. The third kappa shape index (κ3) is 4.40. The van der Waals surface area contributed by atoms with Gasteiger partial charge in [-0.25, -0.2) is 0 Å². The summed E-state index contributed by atoms with van der Waals surface area (Å²) in [4.78, 5) is 0. The van der Waals surface area contributed by atoms with E-state index in [-0.39, 0.29) is 0 Å². The molecule has 0 aliphatic carbocycles. The Bertz CT molecular complexity index is 2080. The Kier molecular flexibility index (Phi) is 6.22. The fourth-order valence-electron chi connectivity index (χ4n) is 5.82. The van der Waals surface area contributed by atoms with Gasteiger partial charge in [-0.3, -0.25) is 0 Å². The molecule has 0 atom stereocenters. The molecule has 0 aliphatic rings. The molecule has 7 rings (SSSR count). The van der Waals surface area contributed by atoms with Crippen LogP contribution in [0.25, 0.3) is 66.2 Å². The van der Waals surface area contributed by atoms with Crippen molar-refractivity contribution in [2.75, 3.05) is 0 Å². The first-order valence-electron chi connectivity index (χ1n) is 14.0. The third-order valence-corrected chi connectivity index (χ3v) is 7.89. The molecule has 0 spiro atoms. The van der Waals surface area contributed by atoms with Crippen molar-refractivity contribution in [3.8, 4) is 27.9 Å². The van der Waals surface area contributed by atoms with Crippen LogP contribution in [0.1, 0.15) is 12.5 Å². The molecule has 2 N–H and O–H groups in total. The van der Waals surface area contributed by atoms with Gasteiger partial charge in [-0.15, -0.1) is 0 Å². The van der Waals surface area contributed by atoms with Crippen LogP contribution in [-0.2, 0) is 0 Å². The first kappa shape index (κ1) is 24.7. The van der Waals surface area contributed by atoms with Gasteiger partial charge in [-0.2, -0.15) is 0 Å². The van der Waals surface area contributed by atoms with Crippen LogP contribution in [0.15, 0.2) is 152 Å². The molecule has 0 radical (unpaired) electrons. The van der Waals surface area contributed by atoms with Gasteiger partial charge in [0, 0.05) is 27.5 Å². The van der Waals surface area contributed by atoms with Gasteiger partial charge in [-0.05, 0) is 70.5 Å². The van der Waals surface area contributed by atoms with Crippen molar-refractivity contribution >= 4 is 38.3 Å². The van der Waals surface area contributed by atoms with E-state index in [9.17, 15) is 0 Å². The van der Waals surface area contributed by atoms with E-state index >= 15 is 0 Å². The van der Waals surface area contributed by atoms with Crippen molar-refractivity contribution in [1.29, 1.82) is 0 Å². The molecule has 1 aromatic heterocycles. The van der Waals surface area contributed by atoms with Gasteiger partial charge >= 0.3 is 0 Å². The number of fused-ring (bicyclic) bond motifs is 5. The highest BCUT2D eigenvalue weighted by molar-refractivity contribution is 6.19. The fraction of sp³-hybridized carbons (Fsp3) is 0.0256. The molecule has 0 bridgehead atoms. The number of nitrogens with two attached hydrogens (primary N) is 1. The van der Waals surface area contributed by atoms with E-state index < -0.39 is 0 Å². The first-order valence-corrected chi connectivity index (χ1v) is 14.0. The summed E-state index contributed by atoms with van der Waals surface area (Å²) in [7, 11) is 0. The fourth-order valence-corrected chi connectivity index (χ4v) is 5.82. The van der Waals surface area contributed by atoms with E-state index in [4.69, 9.17) is 5.73 Å². The van der Waals surface area contributed by atoms with Crippen LogP contribution < -0.4 is 5.73 Å². The largest absolute Gasteiger partial charge is 0.398 e. The number of rotatable bonds is 5. The summed E-state index contributed by atoms with van der Waals surface area (Å²) in [5, 5.41) is 4.86. The van der Waals surface area contributed by atoms with Crippen molar-refractivity contribution in [1.82, 2.24) is 4.57 Å². The monoisotopic (exact) mass is 526 g/mol. The number of hydrogen-bond donors (Lipinski definition) is 1.